The van der Waals surface area contributed by atoms with E-state index < -0.39 is 0 Å². The predicted octanol–water partition coefficient (Wildman–Crippen LogP) is 3.80. The van der Waals surface area contributed by atoms with E-state index in [0.29, 0.717) is 18.2 Å². The molecule has 0 atom stereocenters. The standard InChI is InChI=1S/C15H24N2O/c1-4-5-6-13-8-9-14(16-11-13)17-15(18)10-7-12(2)3/h8-9,11-12H,4-7,10H2,1-3H3,(H,16,17,18). The molecule has 18 heavy (non-hydrogen) atoms. The van der Waals surface area contributed by atoms with Crippen molar-refractivity contribution in [3.63, 3.8) is 0 Å². The number of aryl methyl sites for hydroxylation is 1. The summed E-state index contributed by atoms with van der Waals surface area (Å²) in [5.41, 5.74) is 1.23. The normalized spacial score (nSPS) is 10.7. The first-order chi connectivity index (χ1) is 8.61. The van der Waals surface area contributed by atoms with Crippen molar-refractivity contribution in [1.29, 1.82) is 0 Å². The topological polar surface area (TPSA) is 42.0 Å². The number of amides is 1. The Morgan fingerprint density at radius 3 is 2.72 bits per heavy atom. The highest BCUT2D eigenvalue weighted by Crippen LogP contribution is 2.10. The molecule has 1 amide bonds. The van der Waals surface area contributed by atoms with Crippen LogP contribution in [0.25, 0.3) is 0 Å². The van der Waals surface area contributed by atoms with Crippen molar-refractivity contribution in [3.05, 3.63) is 23.9 Å². The summed E-state index contributed by atoms with van der Waals surface area (Å²) in [6.07, 6.45) is 6.77. The van der Waals surface area contributed by atoms with Crippen molar-refractivity contribution < 1.29 is 4.79 Å². The summed E-state index contributed by atoms with van der Waals surface area (Å²) in [5, 5.41) is 2.83. The Balaban J connectivity index is 2.40. The van der Waals surface area contributed by atoms with Gasteiger partial charge in [0.1, 0.15) is 5.82 Å². The highest BCUT2D eigenvalue weighted by Gasteiger charge is 2.04. The van der Waals surface area contributed by atoms with E-state index in [1.54, 1.807) is 0 Å². The van der Waals surface area contributed by atoms with E-state index in [9.17, 15) is 4.79 Å². The molecule has 1 rings (SSSR count). The van der Waals surface area contributed by atoms with Crippen LogP contribution in [0.3, 0.4) is 0 Å². The number of unbranched alkanes of at least 4 members (excludes halogenated alkanes) is 1. The molecule has 0 aromatic carbocycles. The molecule has 1 aromatic heterocycles. The summed E-state index contributed by atoms with van der Waals surface area (Å²) in [6.45, 7) is 6.42. The average Bonchev–Trinajstić information content (AvgIpc) is 2.35. The van der Waals surface area contributed by atoms with Gasteiger partial charge < -0.3 is 5.32 Å². The number of pyridine rings is 1. The molecule has 0 aliphatic carbocycles. The Hall–Kier alpha value is -1.38. The molecule has 1 N–H and O–H groups in total. The maximum absolute atomic E-state index is 11.6. The molecule has 0 aliphatic rings. The van der Waals surface area contributed by atoms with E-state index >= 15 is 0 Å². The fraction of sp³-hybridized carbons (Fsp3) is 0.600. The third-order valence-corrected chi connectivity index (χ3v) is 2.86. The van der Waals surface area contributed by atoms with Crippen LogP contribution in [0.5, 0.6) is 0 Å². The third-order valence-electron chi connectivity index (χ3n) is 2.86. The molecular weight excluding hydrogens is 224 g/mol. The second-order valence-electron chi connectivity index (χ2n) is 5.14. The monoisotopic (exact) mass is 248 g/mol. The molecule has 0 spiro atoms. The van der Waals surface area contributed by atoms with Crippen molar-refractivity contribution in [3.8, 4) is 0 Å². The van der Waals surface area contributed by atoms with Crippen LogP contribution in [0, 0.1) is 5.92 Å². The van der Waals surface area contributed by atoms with Crippen molar-refractivity contribution >= 4 is 11.7 Å². The summed E-state index contributed by atoms with van der Waals surface area (Å²) in [6, 6.07) is 3.93. The molecule has 1 heterocycles. The molecular formula is C15H24N2O. The van der Waals surface area contributed by atoms with Gasteiger partial charge in [-0.25, -0.2) is 4.98 Å². The Bertz CT molecular complexity index is 357. The van der Waals surface area contributed by atoms with Crippen LogP contribution in [-0.2, 0) is 11.2 Å². The Morgan fingerprint density at radius 1 is 1.39 bits per heavy atom. The van der Waals surface area contributed by atoms with Crippen molar-refractivity contribution in [2.24, 2.45) is 5.92 Å². The molecule has 1 aromatic rings. The van der Waals surface area contributed by atoms with Gasteiger partial charge >= 0.3 is 0 Å². The Kier molecular flexibility index (Phi) is 6.40. The zero-order valence-corrected chi connectivity index (χ0v) is 11.7. The predicted molar refractivity (Wildman–Crippen MR) is 75.6 cm³/mol. The maximum atomic E-state index is 11.6. The summed E-state index contributed by atoms with van der Waals surface area (Å²) >= 11 is 0. The van der Waals surface area contributed by atoms with E-state index in [2.05, 4.69) is 31.1 Å². The van der Waals surface area contributed by atoms with Crippen LogP contribution >= 0.6 is 0 Å². The van der Waals surface area contributed by atoms with E-state index in [4.69, 9.17) is 0 Å². The van der Waals surface area contributed by atoms with Gasteiger partial charge in [-0.2, -0.15) is 0 Å². The fourth-order valence-corrected chi connectivity index (χ4v) is 1.65. The SMILES string of the molecule is CCCCc1ccc(NC(=O)CCC(C)C)nc1. The lowest BCUT2D eigenvalue weighted by Crippen LogP contribution is -2.13. The maximum Gasteiger partial charge on any atom is 0.225 e. The minimum Gasteiger partial charge on any atom is -0.311 e. The van der Waals surface area contributed by atoms with E-state index in [1.165, 1.54) is 18.4 Å². The summed E-state index contributed by atoms with van der Waals surface area (Å²) in [4.78, 5) is 15.9. The van der Waals surface area contributed by atoms with Crippen molar-refractivity contribution in [2.45, 2.75) is 52.9 Å². The van der Waals surface area contributed by atoms with Crippen LogP contribution < -0.4 is 5.32 Å². The minimum atomic E-state index is 0.0532. The largest absolute Gasteiger partial charge is 0.311 e. The van der Waals surface area contributed by atoms with Crippen LogP contribution in [-0.4, -0.2) is 10.9 Å². The van der Waals surface area contributed by atoms with Crippen LogP contribution in [0.2, 0.25) is 0 Å². The molecule has 0 saturated carbocycles. The average molecular weight is 248 g/mol. The van der Waals surface area contributed by atoms with Gasteiger partial charge in [0.25, 0.3) is 0 Å². The molecule has 3 nitrogen and oxygen atoms in total. The Morgan fingerprint density at radius 2 is 2.17 bits per heavy atom. The number of aromatic nitrogens is 1. The van der Waals surface area contributed by atoms with Crippen molar-refractivity contribution in [2.75, 3.05) is 5.32 Å². The van der Waals surface area contributed by atoms with Gasteiger partial charge in [0, 0.05) is 12.6 Å². The van der Waals surface area contributed by atoms with Gasteiger partial charge in [0.15, 0.2) is 0 Å². The van der Waals surface area contributed by atoms with E-state index in [-0.39, 0.29) is 5.91 Å². The van der Waals surface area contributed by atoms with Gasteiger partial charge in [-0.05, 0) is 36.8 Å². The number of anilines is 1. The summed E-state index contributed by atoms with van der Waals surface area (Å²) in [7, 11) is 0. The lowest BCUT2D eigenvalue weighted by Gasteiger charge is -2.07. The molecule has 0 bridgehead atoms. The number of hydrogen-bond donors (Lipinski definition) is 1. The first-order valence-electron chi connectivity index (χ1n) is 6.86. The van der Waals surface area contributed by atoms with Gasteiger partial charge in [-0.15, -0.1) is 0 Å². The van der Waals surface area contributed by atoms with Crippen LogP contribution in [0.15, 0.2) is 18.3 Å². The number of hydrogen-bond acceptors (Lipinski definition) is 2. The van der Waals surface area contributed by atoms with Crippen molar-refractivity contribution in [1.82, 2.24) is 4.98 Å². The van der Waals surface area contributed by atoms with Gasteiger partial charge in [-0.3, -0.25) is 4.79 Å². The molecule has 0 unspecified atom stereocenters. The van der Waals surface area contributed by atoms with Crippen LogP contribution in [0.1, 0.15) is 52.0 Å². The number of rotatable bonds is 7. The zero-order valence-electron chi connectivity index (χ0n) is 11.7. The number of carbonyl (C=O) groups is 1. The Labute approximate surface area is 110 Å². The minimum absolute atomic E-state index is 0.0532. The zero-order chi connectivity index (χ0) is 13.4. The first kappa shape index (κ1) is 14.7. The lowest BCUT2D eigenvalue weighted by molar-refractivity contribution is -0.116. The molecule has 100 valence electrons. The van der Waals surface area contributed by atoms with Gasteiger partial charge in [0.05, 0.1) is 0 Å². The smallest absolute Gasteiger partial charge is 0.225 e. The van der Waals surface area contributed by atoms with Gasteiger partial charge in [0.2, 0.25) is 5.91 Å². The highest BCUT2D eigenvalue weighted by atomic mass is 16.1. The van der Waals surface area contributed by atoms with E-state index in [1.807, 2.05) is 18.3 Å². The number of nitrogens with zero attached hydrogens (tertiary/aromatic N) is 1. The van der Waals surface area contributed by atoms with Crippen LogP contribution in [0.4, 0.5) is 5.82 Å². The highest BCUT2D eigenvalue weighted by molar-refractivity contribution is 5.89. The molecule has 0 saturated heterocycles. The molecule has 0 fully saturated rings. The van der Waals surface area contributed by atoms with Gasteiger partial charge in [-0.1, -0.05) is 33.3 Å². The number of carbonyl (C=O) groups excluding carboxylic acids is 1. The second kappa shape index (κ2) is 7.85. The third kappa shape index (κ3) is 5.80. The molecule has 0 radical (unpaired) electrons. The summed E-state index contributed by atoms with van der Waals surface area (Å²) < 4.78 is 0. The quantitative estimate of drug-likeness (QED) is 0.797. The fourth-order valence-electron chi connectivity index (χ4n) is 1.65. The first-order valence-corrected chi connectivity index (χ1v) is 6.86. The molecule has 0 aliphatic heterocycles. The molecule has 3 heteroatoms. The second-order valence-corrected chi connectivity index (χ2v) is 5.14. The lowest BCUT2D eigenvalue weighted by atomic mass is 10.1. The van der Waals surface area contributed by atoms with E-state index in [0.717, 1.165) is 12.8 Å². The number of nitrogens with one attached hydrogen (secondary N) is 1. The summed E-state index contributed by atoms with van der Waals surface area (Å²) in [5.74, 6) is 1.27.